The highest BCUT2D eigenvalue weighted by Crippen LogP contribution is 2.30. The summed E-state index contributed by atoms with van der Waals surface area (Å²) in [6, 6.07) is 12.3. The highest BCUT2D eigenvalue weighted by molar-refractivity contribution is 7.99. The molecule has 0 spiro atoms. The zero-order valence-corrected chi connectivity index (χ0v) is 15.7. The fourth-order valence-corrected chi connectivity index (χ4v) is 3.41. The number of hydrogen-bond donors (Lipinski definition) is 0. The SMILES string of the molecule is Cc1ccc(-n2c(Sc3ccc(C(F)(F)F)nn3)nc3ccccc3c2=O)nc1. The van der Waals surface area contributed by atoms with Crippen molar-refractivity contribution in [3.63, 3.8) is 0 Å². The van der Waals surface area contributed by atoms with E-state index in [9.17, 15) is 18.0 Å². The first-order valence-electron chi connectivity index (χ1n) is 8.36. The molecule has 29 heavy (non-hydrogen) atoms. The Hall–Kier alpha value is -3.27. The van der Waals surface area contributed by atoms with Gasteiger partial charge in [0.05, 0.1) is 10.9 Å². The van der Waals surface area contributed by atoms with Crippen molar-refractivity contribution in [1.29, 1.82) is 0 Å². The molecular formula is C19H12F3N5OS. The fourth-order valence-electron chi connectivity index (χ4n) is 2.59. The van der Waals surface area contributed by atoms with Crippen LogP contribution in [0.1, 0.15) is 11.3 Å². The third-order valence-electron chi connectivity index (χ3n) is 4.00. The Kier molecular flexibility index (Phi) is 4.79. The summed E-state index contributed by atoms with van der Waals surface area (Å²) in [5.41, 5.74) is -0.0539. The van der Waals surface area contributed by atoms with E-state index in [0.717, 1.165) is 23.4 Å². The number of aryl methyl sites for hydroxylation is 1. The molecule has 0 saturated carbocycles. The molecule has 0 aliphatic carbocycles. The molecule has 0 unspecified atom stereocenters. The second kappa shape index (κ2) is 7.28. The van der Waals surface area contributed by atoms with Crippen molar-refractivity contribution in [1.82, 2.24) is 24.7 Å². The summed E-state index contributed by atoms with van der Waals surface area (Å²) in [5, 5.41) is 7.62. The van der Waals surface area contributed by atoms with E-state index in [-0.39, 0.29) is 15.7 Å². The highest BCUT2D eigenvalue weighted by atomic mass is 32.2. The van der Waals surface area contributed by atoms with Crippen LogP contribution in [0, 0.1) is 6.92 Å². The van der Waals surface area contributed by atoms with Crippen LogP contribution in [0.5, 0.6) is 0 Å². The lowest BCUT2D eigenvalue weighted by atomic mass is 10.2. The number of aromatic nitrogens is 5. The van der Waals surface area contributed by atoms with Crippen molar-refractivity contribution in [2.45, 2.75) is 23.3 Å². The number of hydrogen-bond acceptors (Lipinski definition) is 6. The van der Waals surface area contributed by atoms with Crippen LogP contribution in [0.4, 0.5) is 13.2 Å². The molecule has 0 radical (unpaired) electrons. The van der Waals surface area contributed by atoms with Crippen LogP contribution in [0.15, 0.2) is 69.7 Å². The van der Waals surface area contributed by atoms with E-state index in [1.165, 1.54) is 10.6 Å². The predicted molar refractivity (Wildman–Crippen MR) is 101 cm³/mol. The van der Waals surface area contributed by atoms with E-state index in [0.29, 0.717) is 16.7 Å². The average molecular weight is 415 g/mol. The predicted octanol–water partition coefficient (Wildman–Crippen LogP) is 4.05. The van der Waals surface area contributed by atoms with E-state index in [1.807, 2.05) is 6.92 Å². The average Bonchev–Trinajstić information content (AvgIpc) is 2.69. The molecule has 6 nitrogen and oxygen atoms in total. The molecule has 4 aromatic rings. The minimum absolute atomic E-state index is 0.168. The van der Waals surface area contributed by atoms with Gasteiger partial charge in [0.1, 0.15) is 10.8 Å². The Balaban J connectivity index is 1.85. The Morgan fingerprint density at radius 2 is 1.79 bits per heavy atom. The van der Waals surface area contributed by atoms with Gasteiger partial charge in [-0.25, -0.2) is 14.5 Å². The molecule has 0 amide bonds. The van der Waals surface area contributed by atoms with Gasteiger partial charge in [0, 0.05) is 6.20 Å². The topological polar surface area (TPSA) is 73.6 Å². The summed E-state index contributed by atoms with van der Waals surface area (Å²) in [5.74, 6) is 0.348. The number of benzene rings is 1. The second-order valence-corrected chi connectivity index (χ2v) is 7.09. The summed E-state index contributed by atoms with van der Waals surface area (Å²) in [6.07, 6.45) is -2.96. The van der Waals surface area contributed by atoms with Crippen LogP contribution in [0.25, 0.3) is 16.7 Å². The molecule has 1 aromatic carbocycles. The number of rotatable bonds is 3. The summed E-state index contributed by atoms with van der Waals surface area (Å²) in [6.45, 7) is 1.87. The summed E-state index contributed by atoms with van der Waals surface area (Å²) >= 11 is 0.932. The molecular weight excluding hydrogens is 403 g/mol. The first-order valence-corrected chi connectivity index (χ1v) is 9.18. The molecule has 3 heterocycles. The molecule has 0 fully saturated rings. The molecule has 0 aliphatic rings. The molecule has 10 heteroatoms. The van der Waals surface area contributed by atoms with Crippen molar-refractivity contribution in [3.8, 4) is 5.82 Å². The van der Waals surface area contributed by atoms with E-state index >= 15 is 0 Å². The van der Waals surface area contributed by atoms with Gasteiger partial charge < -0.3 is 0 Å². The van der Waals surface area contributed by atoms with Crippen LogP contribution in [0.3, 0.4) is 0 Å². The van der Waals surface area contributed by atoms with Crippen molar-refractivity contribution in [2.24, 2.45) is 0 Å². The van der Waals surface area contributed by atoms with Gasteiger partial charge in [0.2, 0.25) is 0 Å². The Labute approximate surface area is 166 Å². The van der Waals surface area contributed by atoms with E-state index < -0.39 is 11.9 Å². The van der Waals surface area contributed by atoms with Crippen LogP contribution < -0.4 is 5.56 Å². The molecule has 3 aromatic heterocycles. The summed E-state index contributed by atoms with van der Waals surface area (Å²) in [4.78, 5) is 21.9. The smallest absolute Gasteiger partial charge is 0.268 e. The van der Waals surface area contributed by atoms with Gasteiger partial charge in [-0.3, -0.25) is 4.79 Å². The molecule has 146 valence electrons. The highest BCUT2D eigenvalue weighted by Gasteiger charge is 2.33. The second-order valence-electron chi connectivity index (χ2n) is 6.10. The Morgan fingerprint density at radius 3 is 2.45 bits per heavy atom. The van der Waals surface area contributed by atoms with Crippen molar-refractivity contribution < 1.29 is 13.2 Å². The van der Waals surface area contributed by atoms with Gasteiger partial charge in [-0.1, -0.05) is 18.2 Å². The normalized spacial score (nSPS) is 11.7. The lowest BCUT2D eigenvalue weighted by Crippen LogP contribution is -2.22. The van der Waals surface area contributed by atoms with Gasteiger partial charge in [0.15, 0.2) is 10.9 Å². The Bertz CT molecular complexity index is 1240. The molecule has 0 N–H and O–H groups in total. The zero-order chi connectivity index (χ0) is 20.6. The zero-order valence-electron chi connectivity index (χ0n) is 14.9. The molecule has 0 saturated heterocycles. The van der Waals surface area contributed by atoms with Gasteiger partial charge in [-0.2, -0.15) is 13.2 Å². The van der Waals surface area contributed by atoms with E-state index in [1.54, 1.807) is 42.6 Å². The first-order chi connectivity index (χ1) is 13.8. The maximum atomic E-state index is 13.1. The maximum absolute atomic E-state index is 13.1. The van der Waals surface area contributed by atoms with Crippen molar-refractivity contribution in [3.05, 3.63) is 76.3 Å². The van der Waals surface area contributed by atoms with Crippen LogP contribution >= 0.6 is 11.8 Å². The quantitative estimate of drug-likeness (QED) is 0.470. The molecule has 0 bridgehead atoms. The first kappa shape index (κ1) is 19.1. The fraction of sp³-hybridized carbons (Fsp3) is 0.105. The van der Waals surface area contributed by atoms with Crippen LogP contribution in [0.2, 0.25) is 0 Å². The number of para-hydroxylation sites is 1. The van der Waals surface area contributed by atoms with Crippen molar-refractivity contribution in [2.75, 3.05) is 0 Å². The lowest BCUT2D eigenvalue weighted by molar-refractivity contribution is -0.141. The van der Waals surface area contributed by atoms with Crippen LogP contribution in [-0.4, -0.2) is 24.7 Å². The van der Waals surface area contributed by atoms with Gasteiger partial charge in [-0.05, 0) is 54.6 Å². The van der Waals surface area contributed by atoms with E-state index in [4.69, 9.17) is 0 Å². The maximum Gasteiger partial charge on any atom is 0.435 e. The molecule has 0 aliphatic heterocycles. The van der Waals surface area contributed by atoms with E-state index in [2.05, 4.69) is 20.2 Å². The number of alkyl halides is 3. The summed E-state index contributed by atoms with van der Waals surface area (Å²) < 4.78 is 39.5. The monoisotopic (exact) mass is 415 g/mol. The largest absolute Gasteiger partial charge is 0.435 e. The Morgan fingerprint density at radius 1 is 1.00 bits per heavy atom. The van der Waals surface area contributed by atoms with Gasteiger partial charge >= 0.3 is 6.18 Å². The number of nitrogens with zero attached hydrogens (tertiary/aromatic N) is 5. The molecule has 0 atom stereocenters. The number of pyridine rings is 1. The summed E-state index contributed by atoms with van der Waals surface area (Å²) in [7, 11) is 0. The third-order valence-corrected chi connectivity index (χ3v) is 4.88. The van der Waals surface area contributed by atoms with Crippen molar-refractivity contribution >= 4 is 22.7 Å². The number of fused-ring (bicyclic) bond motifs is 1. The van der Waals surface area contributed by atoms with Gasteiger partial charge in [0.25, 0.3) is 5.56 Å². The number of halogens is 3. The standard InChI is InChI=1S/C19H12F3N5OS/c1-11-6-8-15(23-10-11)27-17(28)12-4-2-3-5-13(12)24-18(27)29-16-9-7-14(25-26-16)19(20,21)22/h2-10H,1H3. The lowest BCUT2D eigenvalue weighted by Gasteiger charge is -2.12. The van der Waals surface area contributed by atoms with Crippen LogP contribution in [-0.2, 0) is 6.18 Å². The minimum Gasteiger partial charge on any atom is -0.268 e. The van der Waals surface area contributed by atoms with Gasteiger partial charge in [-0.15, -0.1) is 10.2 Å². The molecule has 4 rings (SSSR count). The minimum atomic E-state index is -4.58. The third kappa shape index (κ3) is 3.83.